The molecule has 146 valence electrons. The van der Waals surface area contributed by atoms with Gasteiger partial charge in [0.05, 0.1) is 18.3 Å². The maximum Gasteiger partial charge on any atom is 0.340 e. The molecule has 2 heterocycles. The molecule has 0 atom stereocenters. The maximum atomic E-state index is 12.7. The third-order valence-corrected chi connectivity index (χ3v) is 5.65. The van der Waals surface area contributed by atoms with Crippen molar-refractivity contribution >= 4 is 29.6 Å². The van der Waals surface area contributed by atoms with Gasteiger partial charge in [0.25, 0.3) is 5.91 Å². The number of rotatable bonds is 3. The second kappa shape index (κ2) is 7.32. The van der Waals surface area contributed by atoms with Gasteiger partial charge in [-0.3, -0.25) is 4.79 Å². The van der Waals surface area contributed by atoms with E-state index in [-0.39, 0.29) is 5.91 Å². The number of benzene rings is 1. The Kier molecular flexibility index (Phi) is 5.22. The van der Waals surface area contributed by atoms with E-state index >= 15 is 0 Å². The van der Waals surface area contributed by atoms with Gasteiger partial charge < -0.3 is 14.2 Å². The van der Waals surface area contributed by atoms with E-state index in [1.54, 1.807) is 20.0 Å². The molecule has 0 radical (unpaired) electrons. The molecular weight excluding hydrogens is 376 g/mol. The van der Waals surface area contributed by atoms with Gasteiger partial charge >= 0.3 is 5.97 Å². The molecule has 1 aromatic heterocycles. The SMILES string of the molecule is COC(=O)C1=C(C)N(C)C(=O)/C1=C\c1cc(C)n(-c2ccc(C)c(Cl)c2)c1C. The topological polar surface area (TPSA) is 51.5 Å². The van der Waals surface area contributed by atoms with E-state index < -0.39 is 5.97 Å². The minimum atomic E-state index is -0.513. The summed E-state index contributed by atoms with van der Waals surface area (Å²) in [7, 11) is 2.97. The lowest BCUT2D eigenvalue weighted by Gasteiger charge is -2.11. The predicted molar refractivity (Wildman–Crippen MR) is 110 cm³/mol. The lowest BCUT2D eigenvalue weighted by Crippen LogP contribution is -2.19. The van der Waals surface area contributed by atoms with E-state index in [4.69, 9.17) is 16.3 Å². The zero-order chi connectivity index (χ0) is 20.7. The molecule has 0 unspecified atom stereocenters. The highest BCUT2D eigenvalue weighted by atomic mass is 35.5. The smallest absolute Gasteiger partial charge is 0.340 e. The Morgan fingerprint density at radius 3 is 2.43 bits per heavy atom. The predicted octanol–water partition coefficient (Wildman–Crippen LogP) is 4.36. The summed E-state index contributed by atoms with van der Waals surface area (Å²) in [6.45, 7) is 7.67. The zero-order valence-corrected chi connectivity index (χ0v) is 17.6. The standard InChI is InChI=1S/C22H23ClN2O3/c1-12-7-8-17(11-19(12)23)25-13(2)9-16(14(25)3)10-18-20(22(27)28-6)15(4)24(5)21(18)26/h7-11H,1-6H3/b18-10-. The number of nitrogens with zero attached hydrogens (tertiary/aromatic N) is 2. The Hall–Kier alpha value is -2.79. The average Bonchev–Trinajstić information content (AvgIpc) is 3.05. The van der Waals surface area contributed by atoms with Crippen molar-refractivity contribution in [2.75, 3.05) is 14.2 Å². The summed E-state index contributed by atoms with van der Waals surface area (Å²) >= 11 is 6.30. The normalized spacial score (nSPS) is 15.8. The fourth-order valence-electron chi connectivity index (χ4n) is 3.50. The van der Waals surface area contributed by atoms with Gasteiger partial charge in [-0.1, -0.05) is 17.7 Å². The molecule has 1 aromatic carbocycles. The summed E-state index contributed by atoms with van der Waals surface area (Å²) in [6, 6.07) is 7.90. The van der Waals surface area contributed by atoms with Crippen LogP contribution in [0.25, 0.3) is 11.8 Å². The van der Waals surface area contributed by atoms with Gasteiger partial charge in [-0.25, -0.2) is 4.79 Å². The van der Waals surface area contributed by atoms with Crippen LogP contribution in [0, 0.1) is 20.8 Å². The van der Waals surface area contributed by atoms with Crippen molar-refractivity contribution < 1.29 is 14.3 Å². The van der Waals surface area contributed by atoms with Crippen molar-refractivity contribution in [3.63, 3.8) is 0 Å². The minimum absolute atomic E-state index is 0.221. The third kappa shape index (κ3) is 3.16. The van der Waals surface area contributed by atoms with Gasteiger partial charge in [-0.15, -0.1) is 0 Å². The van der Waals surface area contributed by atoms with E-state index in [9.17, 15) is 9.59 Å². The molecule has 0 aliphatic carbocycles. The first-order valence-electron chi connectivity index (χ1n) is 8.92. The number of aromatic nitrogens is 1. The van der Waals surface area contributed by atoms with Crippen molar-refractivity contribution in [3.8, 4) is 5.69 Å². The Balaban J connectivity index is 2.14. The second-order valence-electron chi connectivity index (χ2n) is 6.97. The molecular formula is C22H23ClN2O3. The first-order chi connectivity index (χ1) is 13.2. The number of amides is 1. The van der Waals surface area contributed by atoms with Crippen LogP contribution in [0.3, 0.4) is 0 Å². The Labute approximate surface area is 169 Å². The summed E-state index contributed by atoms with van der Waals surface area (Å²) in [5, 5.41) is 0.698. The van der Waals surface area contributed by atoms with E-state index in [1.165, 1.54) is 12.0 Å². The van der Waals surface area contributed by atoms with Crippen LogP contribution in [0.5, 0.6) is 0 Å². The number of likely N-dealkylation sites (N-methyl/N-ethyl adjacent to an activating group) is 1. The van der Waals surface area contributed by atoms with Crippen LogP contribution >= 0.6 is 11.6 Å². The van der Waals surface area contributed by atoms with E-state index in [0.29, 0.717) is 21.9 Å². The molecule has 0 N–H and O–H groups in total. The molecule has 0 bridgehead atoms. The number of halogens is 1. The average molecular weight is 399 g/mol. The van der Waals surface area contributed by atoms with Crippen molar-refractivity contribution in [2.45, 2.75) is 27.7 Å². The third-order valence-electron chi connectivity index (χ3n) is 5.24. The molecule has 0 saturated carbocycles. The summed E-state index contributed by atoms with van der Waals surface area (Å²) in [5.74, 6) is -0.735. The van der Waals surface area contributed by atoms with E-state index in [2.05, 4.69) is 4.57 Å². The molecule has 0 fully saturated rings. The van der Waals surface area contributed by atoms with Gasteiger partial charge in [0.15, 0.2) is 0 Å². The second-order valence-corrected chi connectivity index (χ2v) is 7.38. The molecule has 0 saturated heterocycles. The van der Waals surface area contributed by atoms with Gasteiger partial charge in [0.2, 0.25) is 0 Å². The summed E-state index contributed by atoms with van der Waals surface area (Å²) in [6.07, 6.45) is 1.76. The first kappa shape index (κ1) is 20.0. The van der Waals surface area contributed by atoms with Crippen LogP contribution < -0.4 is 0 Å². The van der Waals surface area contributed by atoms with Crippen molar-refractivity contribution in [2.24, 2.45) is 0 Å². The number of carbonyl (C=O) groups excluding carboxylic acids is 2. The quantitative estimate of drug-likeness (QED) is 0.570. The van der Waals surface area contributed by atoms with Gasteiger partial charge in [0, 0.05) is 34.8 Å². The van der Waals surface area contributed by atoms with Crippen molar-refractivity contribution in [1.82, 2.24) is 9.47 Å². The van der Waals surface area contributed by atoms with Crippen molar-refractivity contribution in [3.05, 3.63) is 68.6 Å². The summed E-state index contributed by atoms with van der Waals surface area (Å²) in [4.78, 5) is 26.4. The zero-order valence-electron chi connectivity index (χ0n) is 16.9. The van der Waals surface area contributed by atoms with Crippen LogP contribution in [-0.4, -0.2) is 35.5 Å². The molecule has 1 aliphatic rings. The summed E-state index contributed by atoms with van der Waals surface area (Å²) < 4.78 is 6.96. The summed E-state index contributed by atoms with van der Waals surface area (Å²) in [5.41, 5.74) is 6.01. The number of esters is 1. The fraction of sp³-hybridized carbons (Fsp3) is 0.273. The minimum Gasteiger partial charge on any atom is -0.465 e. The van der Waals surface area contributed by atoms with Crippen LogP contribution in [0.15, 0.2) is 41.1 Å². The Bertz CT molecular complexity index is 1060. The van der Waals surface area contributed by atoms with Gasteiger partial charge in [0.1, 0.15) is 0 Å². The van der Waals surface area contributed by atoms with Crippen molar-refractivity contribution in [1.29, 1.82) is 0 Å². The Morgan fingerprint density at radius 2 is 1.82 bits per heavy atom. The highest BCUT2D eigenvalue weighted by Crippen LogP contribution is 2.32. The lowest BCUT2D eigenvalue weighted by molar-refractivity contribution is -0.136. The number of ether oxygens (including phenoxy) is 1. The molecule has 6 heteroatoms. The monoisotopic (exact) mass is 398 g/mol. The van der Waals surface area contributed by atoms with E-state index in [0.717, 1.165) is 28.2 Å². The number of allylic oxidation sites excluding steroid dienone is 1. The van der Waals surface area contributed by atoms with Crippen LogP contribution in [0.2, 0.25) is 5.02 Å². The molecule has 3 rings (SSSR count). The van der Waals surface area contributed by atoms with Crippen LogP contribution in [0.4, 0.5) is 0 Å². The number of methoxy groups -OCH3 is 1. The van der Waals surface area contributed by atoms with Gasteiger partial charge in [-0.2, -0.15) is 0 Å². The number of carbonyl (C=O) groups is 2. The Morgan fingerprint density at radius 1 is 1.14 bits per heavy atom. The highest BCUT2D eigenvalue weighted by molar-refractivity contribution is 6.31. The molecule has 1 aliphatic heterocycles. The van der Waals surface area contributed by atoms with Gasteiger partial charge in [-0.05, 0) is 63.1 Å². The molecule has 2 aromatic rings. The molecule has 5 nitrogen and oxygen atoms in total. The number of hydrogen-bond acceptors (Lipinski definition) is 3. The number of aryl methyl sites for hydroxylation is 2. The largest absolute Gasteiger partial charge is 0.465 e. The molecule has 0 spiro atoms. The van der Waals surface area contributed by atoms with E-state index in [1.807, 2.05) is 45.0 Å². The fourth-order valence-corrected chi connectivity index (χ4v) is 3.68. The lowest BCUT2D eigenvalue weighted by atomic mass is 10.0. The first-order valence-corrected chi connectivity index (χ1v) is 9.30. The maximum absolute atomic E-state index is 12.7. The van der Waals surface area contributed by atoms with Crippen LogP contribution in [0.1, 0.15) is 29.4 Å². The van der Waals surface area contributed by atoms with Crippen LogP contribution in [-0.2, 0) is 14.3 Å². The highest BCUT2D eigenvalue weighted by Gasteiger charge is 2.35. The molecule has 1 amide bonds. The number of hydrogen-bond donors (Lipinski definition) is 0. The molecule has 28 heavy (non-hydrogen) atoms.